The Morgan fingerprint density at radius 2 is 2.45 bits per heavy atom. The molecule has 0 aromatic rings. The summed E-state index contributed by atoms with van der Waals surface area (Å²) in [6.45, 7) is -6.55. The summed E-state index contributed by atoms with van der Waals surface area (Å²) < 4.78 is 79.6. The Kier molecular flexibility index (Phi) is 1.33. The molecule has 0 aliphatic carbocycles. The average Bonchev–Trinajstić information content (AvgIpc) is 1.95. The molecule has 0 heterocycles. The summed E-state index contributed by atoms with van der Waals surface area (Å²) >= 11 is 0. The normalized spacial score (nSPS) is 24.3. The van der Waals surface area contributed by atoms with Crippen LogP contribution in [0.25, 0.3) is 0 Å². The molecule has 0 rings (SSSR count). The molecule has 0 bridgehead atoms. The molecule has 0 saturated heterocycles. The maximum atomic E-state index is 11.0. The van der Waals surface area contributed by atoms with Crippen molar-refractivity contribution in [3.05, 3.63) is 0 Å². The van der Waals surface area contributed by atoms with E-state index in [0.717, 1.165) is 0 Å². The van der Waals surface area contributed by atoms with Gasteiger partial charge in [0.25, 0.3) is 0 Å². The van der Waals surface area contributed by atoms with Crippen LogP contribution in [0, 0.1) is 0 Å². The van der Waals surface area contributed by atoms with E-state index in [1.54, 1.807) is 0 Å². The van der Waals surface area contributed by atoms with Crippen LogP contribution >= 0.6 is 0 Å². The zero-order chi connectivity index (χ0) is 15.0. The molecule has 11 heavy (non-hydrogen) atoms. The van der Waals surface area contributed by atoms with Crippen LogP contribution in [0.5, 0.6) is 0 Å². The molecule has 5 nitrogen and oxygen atoms in total. The summed E-state index contributed by atoms with van der Waals surface area (Å²) in [5, 5.41) is 1.21. The minimum atomic E-state index is -5.09. The lowest BCUT2D eigenvalue weighted by molar-refractivity contribution is -0.118. The van der Waals surface area contributed by atoms with Crippen molar-refractivity contribution in [2.24, 2.45) is 0 Å². The van der Waals surface area contributed by atoms with Crippen molar-refractivity contribution in [2.45, 2.75) is 13.2 Å². The summed E-state index contributed by atoms with van der Waals surface area (Å²) in [6, 6.07) is 0. The number of carbonyl (C=O) groups excluding carboxylic acids is 1. The molecule has 6 heteroatoms. The topological polar surface area (TPSA) is 86.3 Å². The van der Waals surface area contributed by atoms with Gasteiger partial charge in [0.15, 0.2) is 0 Å². The number of rotatable bonds is 4. The van der Waals surface area contributed by atoms with Crippen molar-refractivity contribution in [3.63, 3.8) is 0 Å². The van der Waals surface area contributed by atoms with Gasteiger partial charge in [0, 0.05) is 28.7 Å². The van der Waals surface area contributed by atoms with E-state index >= 15 is 0 Å². The van der Waals surface area contributed by atoms with Gasteiger partial charge in [-0.3, -0.25) is 4.79 Å². The van der Waals surface area contributed by atoms with Crippen molar-refractivity contribution in [3.8, 4) is 0 Å². The molecular weight excluding hydrogens is 170 g/mol. The van der Waals surface area contributed by atoms with Gasteiger partial charge in [0.05, 0.1) is 10.1 Å². The minimum Gasteiger partial charge on any atom is -0.748 e. The number of nitrogens with one attached hydrogen (secondary N) is 1. The standard InChI is InChI=1S/C5H11NO4S/c1-5(7)6-3-2-4-11(8,9)10/h2-4H2,1H3,(H,6,7)(H,8,9,10)/p-1/i1D3,2D2,3D2. The van der Waals surface area contributed by atoms with Crippen molar-refractivity contribution < 1.29 is 27.4 Å². The van der Waals surface area contributed by atoms with Gasteiger partial charge in [0.2, 0.25) is 5.91 Å². The zero-order valence-corrected chi connectivity index (χ0v) is 6.06. The Morgan fingerprint density at radius 1 is 1.82 bits per heavy atom. The molecule has 0 aromatic carbocycles. The van der Waals surface area contributed by atoms with Gasteiger partial charge in [-0.1, -0.05) is 0 Å². The predicted octanol–water partition coefficient (Wildman–Crippen LogP) is -0.942. The van der Waals surface area contributed by atoms with Crippen molar-refractivity contribution in [2.75, 3.05) is 12.2 Å². The Bertz CT molecular complexity index is 428. The third kappa shape index (κ3) is 9.38. The second kappa shape index (κ2) is 4.30. The van der Waals surface area contributed by atoms with Gasteiger partial charge >= 0.3 is 0 Å². The lowest BCUT2D eigenvalue weighted by atomic mass is 10.5. The van der Waals surface area contributed by atoms with Crippen LogP contribution in [-0.2, 0) is 14.9 Å². The van der Waals surface area contributed by atoms with Gasteiger partial charge < -0.3 is 9.87 Å². The fourth-order valence-corrected chi connectivity index (χ4v) is 0.474. The highest BCUT2D eigenvalue weighted by Crippen LogP contribution is 1.85. The van der Waals surface area contributed by atoms with Crippen LogP contribution in [0.1, 0.15) is 22.8 Å². The largest absolute Gasteiger partial charge is 0.748 e. The van der Waals surface area contributed by atoms with Crippen LogP contribution in [0.4, 0.5) is 0 Å². The summed E-state index contributed by atoms with van der Waals surface area (Å²) in [7, 11) is -5.09. The van der Waals surface area contributed by atoms with E-state index in [4.69, 9.17) is 9.60 Å². The lowest BCUT2D eigenvalue weighted by Crippen LogP contribution is -2.22. The van der Waals surface area contributed by atoms with Crippen LogP contribution in [0.3, 0.4) is 0 Å². The molecule has 0 aromatic heterocycles. The highest BCUT2D eigenvalue weighted by atomic mass is 32.2. The minimum absolute atomic E-state index is 1.21. The van der Waals surface area contributed by atoms with Crippen molar-refractivity contribution in [1.82, 2.24) is 5.32 Å². The molecule has 0 aliphatic rings. The first-order valence-electron chi connectivity index (χ1n) is 5.85. The number of hydrogen-bond acceptors (Lipinski definition) is 4. The van der Waals surface area contributed by atoms with E-state index in [1.165, 1.54) is 5.32 Å². The molecule has 0 spiro atoms. The molecule has 0 aliphatic heterocycles. The molecule has 0 saturated carbocycles. The third-order valence-corrected chi connectivity index (χ3v) is 1.01. The van der Waals surface area contributed by atoms with E-state index < -0.39 is 41.5 Å². The maximum Gasteiger partial charge on any atom is 0.216 e. The molecule has 0 atom stereocenters. The summed E-state index contributed by atoms with van der Waals surface area (Å²) in [5.41, 5.74) is 0. The van der Waals surface area contributed by atoms with Gasteiger partial charge in [-0.05, 0) is 6.37 Å². The Balaban J connectivity index is 5.09. The Morgan fingerprint density at radius 3 is 2.91 bits per heavy atom. The van der Waals surface area contributed by atoms with Crippen molar-refractivity contribution >= 4 is 16.0 Å². The fourth-order valence-electron chi connectivity index (χ4n) is 0.225. The average molecular weight is 187 g/mol. The first-order valence-corrected chi connectivity index (χ1v) is 3.92. The molecular formula is C5H10NO4S-. The molecule has 66 valence electrons. The Labute approximate surface area is 75.4 Å². The van der Waals surface area contributed by atoms with Crippen LogP contribution < -0.4 is 5.32 Å². The number of hydrogen-bond donors (Lipinski definition) is 1. The summed E-state index contributed by atoms with van der Waals surface area (Å²) in [4.78, 5) is 11.0. The Hall–Kier alpha value is -0.620. The van der Waals surface area contributed by atoms with Gasteiger partial charge in [0.1, 0.15) is 0 Å². The van der Waals surface area contributed by atoms with Crippen LogP contribution in [-0.4, -0.2) is 31.1 Å². The van der Waals surface area contributed by atoms with Gasteiger partial charge in [-0.15, -0.1) is 0 Å². The van der Waals surface area contributed by atoms with Gasteiger partial charge in [-0.2, -0.15) is 0 Å². The SMILES string of the molecule is [2H]C([2H])([2H])C(=O)NC([2H])([2H])C([2H])([2H])CS(=O)(=O)[O-]. The van der Waals surface area contributed by atoms with E-state index in [1.807, 2.05) is 0 Å². The first kappa shape index (κ1) is 3.40. The lowest BCUT2D eigenvalue weighted by Gasteiger charge is -2.05. The quantitative estimate of drug-likeness (QED) is 0.575. The molecule has 0 unspecified atom stereocenters. The van der Waals surface area contributed by atoms with E-state index in [9.17, 15) is 17.8 Å². The zero-order valence-electron chi connectivity index (χ0n) is 12.2. The maximum absolute atomic E-state index is 11.0. The fraction of sp³-hybridized carbons (Fsp3) is 0.800. The molecule has 0 fully saturated rings. The summed E-state index contributed by atoms with van der Waals surface area (Å²) in [5.74, 6) is -3.53. The van der Waals surface area contributed by atoms with Crippen molar-refractivity contribution in [1.29, 1.82) is 0 Å². The first-order chi connectivity index (χ1) is 7.58. The van der Waals surface area contributed by atoms with Crippen LogP contribution in [0.2, 0.25) is 0 Å². The second-order valence-electron chi connectivity index (χ2n) is 1.46. The summed E-state index contributed by atoms with van der Waals surface area (Å²) in [6.07, 6.45) is -3.27. The van der Waals surface area contributed by atoms with E-state index in [-0.39, 0.29) is 0 Å². The second-order valence-corrected chi connectivity index (χ2v) is 2.86. The molecule has 0 radical (unpaired) electrons. The van der Waals surface area contributed by atoms with Gasteiger partial charge in [-0.25, -0.2) is 8.42 Å². The van der Waals surface area contributed by atoms with E-state index in [0.29, 0.717) is 0 Å². The number of amides is 1. The molecule has 1 N–H and O–H groups in total. The van der Waals surface area contributed by atoms with E-state index in [2.05, 4.69) is 0 Å². The highest BCUT2D eigenvalue weighted by molar-refractivity contribution is 7.85. The smallest absolute Gasteiger partial charge is 0.216 e. The number of carbonyl (C=O) groups is 1. The van der Waals surface area contributed by atoms with Crippen LogP contribution in [0.15, 0.2) is 0 Å². The predicted molar refractivity (Wildman–Crippen MR) is 37.9 cm³/mol. The third-order valence-electron chi connectivity index (χ3n) is 0.513. The highest BCUT2D eigenvalue weighted by Gasteiger charge is 1.95. The molecule has 1 amide bonds. The monoisotopic (exact) mass is 187 g/mol.